The van der Waals surface area contributed by atoms with Gasteiger partial charge in [-0.2, -0.15) is 0 Å². The van der Waals surface area contributed by atoms with Gasteiger partial charge in [0.15, 0.2) is 0 Å². The van der Waals surface area contributed by atoms with Gasteiger partial charge in [0.05, 0.1) is 0 Å². The van der Waals surface area contributed by atoms with Crippen LogP contribution in [0.15, 0.2) is 24.8 Å². The highest BCUT2D eigenvalue weighted by Gasteiger charge is 2.22. The van der Waals surface area contributed by atoms with Crippen LogP contribution < -0.4 is 0 Å². The summed E-state index contributed by atoms with van der Waals surface area (Å²) in [6.45, 7) is 5.70. The molecule has 0 aliphatic heterocycles. The topological polar surface area (TPSA) is 20.2 Å². The number of hydrogen-bond donors (Lipinski definition) is 1. The van der Waals surface area contributed by atoms with E-state index in [1.807, 2.05) is 13.0 Å². The molecule has 1 atom stereocenters. The van der Waals surface area contributed by atoms with Crippen LogP contribution in [0.2, 0.25) is 0 Å². The van der Waals surface area contributed by atoms with Crippen molar-refractivity contribution < 1.29 is 5.11 Å². The summed E-state index contributed by atoms with van der Waals surface area (Å²) in [5, 5.41) is 10.5. The Kier molecular flexibility index (Phi) is 11.9. The van der Waals surface area contributed by atoms with Crippen molar-refractivity contribution in [1.29, 1.82) is 0 Å². The molecule has 0 bridgehead atoms. The van der Waals surface area contributed by atoms with E-state index in [0.717, 1.165) is 19.3 Å². The fourth-order valence-electron chi connectivity index (χ4n) is 1.72. The van der Waals surface area contributed by atoms with E-state index >= 15 is 0 Å². The molecule has 112 valence electrons. The third-order valence-electron chi connectivity index (χ3n) is 2.94. The number of rotatable bonds is 8. The second-order valence-corrected chi connectivity index (χ2v) is 4.83. The molecule has 0 heterocycles. The molecule has 0 aromatic carbocycles. The van der Waals surface area contributed by atoms with Crippen molar-refractivity contribution in [3.05, 3.63) is 24.8 Å². The first kappa shape index (κ1) is 19.1. The van der Waals surface area contributed by atoms with Gasteiger partial charge >= 0.3 is 0 Å². The lowest BCUT2D eigenvalue weighted by atomic mass is 9.92. The molecule has 0 rings (SSSR count). The second kappa shape index (κ2) is 13.1. The van der Waals surface area contributed by atoms with Gasteiger partial charge in [-0.15, -0.1) is 30.8 Å². The van der Waals surface area contributed by atoms with Gasteiger partial charge in [-0.25, -0.2) is 0 Å². The Morgan fingerprint density at radius 1 is 1.05 bits per heavy atom. The number of hydrogen-bond acceptors (Lipinski definition) is 1. The van der Waals surface area contributed by atoms with E-state index in [0.29, 0.717) is 32.1 Å². The Hall–Kier alpha value is -1.88. The van der Waals surface area contributed by atoms with E-state index < -0.39 is 5.60 Å². The van der Waals surface area contributed by atoms with Crippen LogP contribution in [0.3, 0.4) is 0 Å². The Labute approximate surface area is 130 Å². The highest BCUT2D eigenvalue weighted by Crippen LogP contribution is 2.19. The molecule has 0 spiro atoms. The maximum absolute atomic E-state index is 10.5. The lowest BCUT2D eigenvalue weighted by molar-refractivity contribution is 0.0850. The normalized spacial score (nSPS) is 12.4. The summed E-state index contributed by atoms with van der Waals surface area (Å²) in [5.74, 6) is 14.7. The number of allylic oxidation sites excluding steroid dienone is 3. The minimum absolute atomic E-state index is 0.570. The van der Waals surface area contributed by atoms with Crippen LogP contribution in [-0.4, -0.2) is 10.7 Å². The van der Waals surface area contributed by atoms with Crippen LogP contribution in [0.1, 0.15) is 58.3 Å². The fourth-order valence-corrected chi connectivity index (χ4v) is 1.72. The molecule has 0 aliphatic rings. The van der Waals surface area contributed by atoms with Gasteiger partial charge in [0.1, 0.15) is 5.60 Å². The van der Waals surface area contributed by atoms with E-state index in [-0.39, 0.29) is 0 Å². The zero-order chi connectivity index (χ0) is 15.8. The van der Waals surface area contributed by atoms with Crippen LogP contribution in [0.5, 0.6) is 0 Å². The van der Waals surface area contributed by atoms with Crippen LogP contribution in [0, 0.1) is 36.0 Å². The van der Waals surface area contributed by atoms with E-state index in [1.54, 1.807) is 6.08 Å². The minimum atomic E-state index is -0.971. The summed E-state index contributed by atoms with van der Waals surface area (Å²) in [7, 11) is 0. The van der Waals surface area contributed by atoms with E-state index in [9.17, 15) is 5.11 Å². The van der Waals surface area contributed by atoms with Gasteiger partial charge in [0, 0.05) is 25.7 Å². The summed E-state index contributed by atoms with van der Waals surface area (Å²) in [5.41, 5.74) is -0.971. The molecule has 0 saturated heterocycles. The minimum Gasteiger partial charge on any atom is -0.378 e. The highest BCUT2D eigenvalue weighted by atomic mass is 16.3. The fraction of sp³-hybridized carbons (Fsp3) is 0.500. The van der Waals surface area contributed by atoms with Gasteiger partial charge < -0.3 is 5.11 Å². The van der Waals surface area contributed by atoms with Crippen molar-refractivity contribution in [3.63, 3.8) is 0 Å². The molecule has 0 radical (unpaired) electrons. The summed E-state index contributed by atoms with van der Waals surface area (Å²) < 4.78 is 0. The predicted molar refractivity (Wildman–Crippen MR) is 91.3 cm³/mol. The summed E-state index contributed by atoms with van der Waals surface area (Å²) in [6, 6.07) is 0. The van der Waals surface area contributed by atoms with Gasteiger partial charge in [-0.1, -0.05) is 30.1 Å². The number of unbranched alkanes of at least 4 members (excludes halogenated alkanes) is 2. The van der Waals surface area contributed by atoms with Crippen molar-refractivity contribution in [2.45, 2.75) is 63.9 Å². The molecule has 1 heteroatoms. The van der Waals surface area contributed by atoms with Gasteiger partial charge in [-0.05, 0) is 32.6 Å². The molecule has 0 fully saturated rings. The lowest BCUT2D eigenvalue weighted by Crippen LogP contribution is -2.26. The lowest BCUT2D eigenvalue weighted by Gasteiger charge is -2.20. The zero-order valence-electron chi connectivity index (χ0n) is 13.1. The third kappa shape index (κ3) is 11.6. The number of aliphatic hydroxyl groups is 1. The smallest absolute Gasteiger partial charge is 0.126 e. The molecule has 1 unspecified atom stereocenters. The summed E-state index contributed by atoms with van der Waals surface area (Å²) in [6.07, 6.45) is 16.8. The molecule has 0 aliphatic carbocycles. The third-order valence-corrected chi connectivity index (χ3v) is 2.94. The Balaban J connectivity index is 4.35. The first-order valence-corrected chi connectivity index (χ1v) is 7.52. The van der Waals surface area contributed by atoms with Gasteiger partial charge in [0.25, 0.3) is 0 Å². The molecule has 0 amide bonds. The van der Waals surface area contributed by atoms with Crippen LogP contribution >= 0.6 is 0 Å². The molecular weight excluding hydrogens is 256 g/mol. The Morgan fingerprint density at radius 3 is 2.48 bits per heavy atom. The van der Waals surface area contributed by atoms with Gasteiger partial charge in [-0.3, -0.25) is 0 Å². The Morgan fingerprint density at radius 2 is 1.81 bits per heavy atom. The SMILES string of the molecule is C#CCCC#CC(O)(CCC#CCC/C=C\C)CCC=C. The van der Waals surface area contributed by atoms with Crippen LogP contribution in [-0.2, 0) is 0 Å². The predicted octanol–water partition coefficient (Wildman–Crippen LogP) is 4.24. The zero-order valence-corrected chi connectivity index (χ0v) is 13.1. The average Bonchev–Trinajstić information content (AvgIpc) is 2.49. The number of terminal acetylenes is 1. The molecule has 0 aromatic rings. The first-order chi connectivity index (χ1) is 10.2. The monoisotopic (exact) mass is 282 g/mol. The molecule has 1 nitrogen and oxygen atoms in total. The van der Waals surface area contributed by atoms with E-state index in [4.69, 9.17) is 6.42 Å². The van der Waals surface area contributed by atoms with Gasteiger partial charge in [0.2, 0.25) is 0 Å². The van der Waals surface area contributed by atoms with Crippen molar-refractivity contribution in [2.75, 3.05) is 0 Å². The molecule has 0 aromatic heterocycles. The van der Waals surface area contributed by atoms with Crippen molar-refractivity contribution in [3.8, 4) is 36.0 Å². The van der Waals surface area contributed by atoms with Crippen molar-refractivity contribution >= 4 is 0 Å². The van der Waals surface area contributed by atoms with E-state index in [1.165, 1.54) is 0 Å². The van der Waals surface area contributed by atoms with Crippen molar-refractivity contribution in [1.82, 2.24) is 0 Å². The largest absolute Gasteiger partial charge is 0.378 e. The first-order valence-electron chi connectivity index (χ1n) is 7.52. The molecule has 21 heavy (non-hydrogen) atoms. The standard InChI is InChI=1S/C20H26O/c1-4-7-10-12-13-14-16-19-20(21,17-9-6-3)18-15-11-8-5-2/h2,4,6-7,21H,3,8-12,16-17,19H2,1H3/b7-4-. The quantitative estimate of drug-likeness (QED) is 0.401. The molecular formula is C20H26O. The summed E-state index contributed by atoms with van der Waals surface area (Å²) >= 11 is 0. The summed E-state index contributed by atoms with van der Waals surface area (Å²) in [4.78, 5) is 0. The molecule has 1 N–H and O–H groups in total. The van der Waals surface area contributed by atoms with Crippen LogP contribution in [0.25, 0.3) is 0 Å². The van der Waals surface area contributed by atoms with Crippen LogP contribution in [0.4, 0.5) is 0 Å². The second-order valence-electron chi connectivity index (χ2n) is 4.83. The average molecular weight is 282 g/mol. The maximum atomic E-state index is 10.5. The molecule has 0 saturated carbocycles. The maximum Gasteiger partial charge on any atom is 0.126 e. The Bertz CT molecular complexity index is 470. The highest BCUT2D eigenvalue weighted by molar-refractivity contribution is 5.16. The van der Waals surface area contributed by atoms with Crippen molar-refractivity contribution in [2.24, 2.45) is 0 Å². The van der Waals surface area contributed by atoms with E-state index in [2.05, 4.69) is 42.3 Å².